The van der Waals surface area contributed by atoms with Gasteiger partial charge in [0.15, 0.2) is 0 Å². The standard InChI is InChI=1S/C9H13N3OS.C4H10/c1-11(2)9(13)12-4-3-8-7(5-12)10-6-14-8;1-4(2)3/h6H,3-5H2,1-2H3;4H,1-3H3. The zero-order valence-electron chi connectivity index (χ0n) is 11.9. The molecule has 102 valence electrons. The lowest BCUT2D eigenvalue weighted by atomic mass is 10.2. The van der Waals surface area contributed by atoms with E-state index < -0.39 is 0 Å². The Balaban J connectivity index is 0.000000357. The van der Waals surface area contributed by atoms with Crippen molar-refractivity contribution in [1.82, 2.24) is 14.8 Å². The van der Waals surface area contributed by atoms with Crippen LogP contribution in [0.2, 0.25) is 0 Å². The fourth-order valence-corrected chi connectivity index (χ4v) is 2.34. The summed E-state index contributed by atoms with van der Waals surface area (Å²) in [5.74, 6) is 0.833. The minimum atomic E-state index is 0.0728. The molecule has 1 aliphatic rings. The summed E-state index contributed by atoms with van der Waals surface area (Å²) < 4.78 is 0. The average molecular weight is 269 g/mol. The lowest BCUT2D eigenvalue weighted by Gasteiger charge is -2.28. The predicted octanol–water partition coefficient (Wildman–Crippen LogP) is 2.85. The van der Waals surface area contributed by atoms with Crippen molar-refractivity contribution in [3.63, 3.8) is 0 Å². The van der Waals surface area contributed by atoms with Crippen LogP contribution >= 0.6 is 11.3 Å². The van der Waals surface area contributed by atoms with Gasteiger partial charge in [0.2, 0.25) is 0 Å². The number of carbonyl (C=O) groups excluding carboxylic acids is 1. The first-order chi connectivity index (χ1) is 8.41. The predicted molar refractivity (Wildman–Crippen MR) is 75.8 cm³/mol. The Morgan fingerprint density at radius 1 is 1.44 bits per heavy atom. The summed E-state index contributed by atoms with van der Waals surface area (Å²) in [6.45, 7) is 7.97. The Hall–Kier alpha value is -1.10. The van der Waals surface area contributed by atoms with E-state index >= 15 is 0 Å². The van der Waals surface area contributed by atoms with Crippen molar-refractivity contribution in [2.75, 3.05) is 20.6 Å². The van der Waals surface area contributed by atoms with Crippen molar-refractivity contribution in [2.24, 2.45) is 5.92 Å². The number of fused-ring (bicyclic) bond motifs is 1. The van der Waals surface area contributed by atoms with E-state index in [0.717, 1.165) is 24.6 Å². The van der Waals surface area contributed by atoms with Crippen molar-refractivity contribution >= 4 is 17.4 Å². The van der Waals surface area contributed by atoms with Crippen LogP contribution in [0.4, 0.5) is 4.79 Å². The molecule has 5 heteroatoms. The highest BCUT2D eigenvalue weighted by Gasteiger charge is 2.23. The Labute approximate surface area is 114 Å². The van der Waals surface area contributed by atoms with E-state index in [-0.39, 0.29) is 6.03 Å². The maximum absolute atomic E-state index is 11.7. The van der Waals surface area contributed by atoms with Gasteiger partial charge < -0.3 is 9.80 Å². The molecule has 0 aromatic carbocycles. The molecule has 0 aliphatic carbocycles. The molecule has 0 fully saturated rings. The quantitative estimate of drug-likeness (QED) is 0.726. The number of aromatic nitrogens is 1. The van der Waals surface area contributed by atoms with E-state index in [1.165, 1.54) is 4.88 Å². The Bertz CT molecular complexity index is 385. The summed E-state index contributed by atoms with van der Waals surface area (Å²) in [7, 11) is 3.55. The summed E-state index contributed by atoms with van der Waals surface area (Å²) in [5.41, 5.74) is 2.92. The molecule has 1 aromatic heterocycles. The minimum Gasteiger partial charge on any atom is -0.331 e. The highest BCUT2D eigenvalue weighted by molar-refractivity contribution is 7.09. The van der Waals surface area contributed by atoms with Gasteiger partial charge in [-0.1, -0.05) is 20.8 Å². The zero-order chi connectivity index (χ0) is 13.7. The van der Waals surface area contributed by atoms with Crippen molar-refractivity contribution in [3.8, 4) is 0 Å². The van der Waals surface area contributed by atoms with E-state index in [1.54, 1.807) is 30.3 Å². The maximum atomic E-state index is 11.7. The normalized spacial score (nSPS) is 13.8. The first-order valence-electron chi connectivity index (χ1n) is 6.29. The van der Waals surface area contributed by atoms with E-state index in [1.807, 2.05) is 10.4 Å². The van der Waals surface area contributed by atoms with Gasteiger partial charge in [-0.15, -0.1) is 11.3 Å². The van der Waals surface area contributed by atoms with Crippen LogP contribution in [0.1, 0.15) is 31.3 Å². The molecule has 1 aliphatic heterocycles. The van der Waals surface area contributed by atoms with E-state index in [4.69, 9.17) is 0 Å². The van der Waals surface area contributed by atoms with Crippen LogP contribution < -0.4 is 0 Å². The fourth-order valence-electron chi connectivity index (χ4n) is 1.57. The van der Waals surface area contributed by atoms with E-state index in [9.17, 15) is 4.79 Å². The van der Waals surface area contributed by atoms with Gasteiger partial charge in [-0.3, -0.25) is 0 Å². The maximum Gasteiger partial charge on any atom is 0.319 e. The van der Waals surface area contributed by atoms with Gasteiger partial charge in [0, 0.05) is 31.9 Å². The molecule has 18 heavy (non-hydrogen) atoms. The van der Waals surface area contributed by atoms with Crippen LogP contribution in [0, 0.1) is 5.92 Å². The van der Waals surface area contributed by atoms with E-state index in [2.05, 4.69) is 25.8 Å². The molecule has 2 rings (SSSR count). The van der Waals surface area contributed by atoms with Crippen LogP contribution in [0.5, 0.6) is 0 Å². The monoisotopic (exact) mass is 269 g/mol. The molecule has 1 aromatic rings. The molecular weight excluding hydrogens is 246 g/mol. The molecule has 4 nitrogen and oxygen atoms in total. The third kappa shape index (κ3) is 4.29. The van der Waals surface area contributed by atoms with E-state index in [0.29, 0.717) is 6.54 Å². The number of hydrogen-bond donors (Lipinski definition) is 0. The average Bonchev–Trinajstić information content (AvgIpc) is 2.73. The number of nitrogens with zero attached hydrogens (tertiary/aromatic N) is 3. The van der Waals surface area contributed by atoms with Crippen LogP contribution in [-0.4, -0.2) is 41.5 Å². The molecule has 2 heterocycles. The van der Waals surface area contributed by atoms with Crippen molar-refractivity contribution in [1.29, 1.82) is 0 Å². The molecule has 2 amide bonds. The largest absolute Gasteiger partial charge is 0.331 e. The topological polar surface area (TPSA) is 36.4 Å². The molecule has 0 unspecified atom stereocenters. The van der Waals surface area contributed by atoms with Crippen LogP contribution in [0.25, 0.3) is 0 Å². The molecule has 0 saturated carbocycles. The number of hydrogen-bond acceptors (Lipinski definition) is 3. The van der Waals surface area contributed by atoms with Crippen molar-refractivity contribution < 1.29 is 4.79 Å². The first kappa shape index (κ1) is 15.0. The lowest BCUT2D eigenvalue weighted by molar-refractivity contribution is 0.165. The fraction of sp³-hybridized carbons (Fsp3) is 0.692. The second-order valence-electron chi connectivity index (χ2n) is 5.30. The van der Waals surface area contributed by atoms with Gasteiger partial charge in [0.25, 0.3) is 0 Å². The second-order valence-corrected chi connectivity index (χ2v) is 6.24. The van der Waals surface area contributed by atoms with Crippen molar-refractivity contribution in [3.05, 3.63) is 16.1 Å². The second kappa shape index (κ2) is 6.73. The Morgan fingerprint density at radius 3 is 2.61 bits per heavy atom. The third-order valence-corrected chi connectivity index (χ3v) is 3.26. The van der Waals surface area contributed by atoms with Crippen LogP contribution in [-0.2, 0) is 13.0 Å². The van der Waals surface area contributed by atoms with Gasteiger partial charge in [0.05, 0.1) is 17.7 Å². The van der Waals surface area contributed by atoms with Crippen LogP contribution in [0.15, 0.2) is 5.51 Å². The molecule has 0 atom stereocenters. The molecule has 0 N–H and O–H groups in total. The first-order valence-corrected chi connectivity index (χ1v) is 7.17. The van der Waals surface area contributed by atoms with Gasteiger partial charge in [0.1, 0.15) is 0 Å². The van der Waals surface area contributed by atoms with Gasteiger partial charge in [-0.05, 0) is 5.92 Å². The lowest BCUT2D eigenvalue weighted by Crippen LogP contribution is -2.41. The highest BCUT2D eigenvalue weighted by atomic mass is 32.1. The van der Waals surface area contributed by atoms with Gasteiger partial charge in [-0.2, -0.15) is 0 Å². The summed E-state index contributed by atoms with van der Waals surface area (Å²) in [4.78, 5) is 20.7. The van der Waals surface area contributed by atoms with Gasteiger partial charge in [-0.25, -0.2) is 9.78 Å². The summed E-state index contributed by atoms with van der Waals surface area (Å²) >= 11 is 1.68. The number of rotatable bonds is 0. The number of urea groups is 1. The molecule has 0 bridgehead atoms. The van der Waals surface area contributed by atoms with Crippen LogP contribution in [0.3, 0.4) is 0 Å². The molecule has 0 radical (unpaired) electrons. The molecule has 0 saturated heterocycles. The third-order valence-electron chi connectivity index (χ3n) is 2.33. The summed E-state index contributed by atoms with van der Waals surface area (Å²) in [6, 6.07) is 0.0728. The minimum absolute atomic E-state index is 0.0728. The summed E-state index contributed by atoms with van der Waals surface area (Å²) in [5, 5.41) is 0. The Kier molecular flexibility index (Phi) is 5.59. The SMILES string of the molecule is CC(C)C.CN(C)C(=O)N1CCc2scnc2C1. The molecule has 0 spiro atoms. The zero-order valence-corrected chi connectivity index (χ0v) is 12.8. The van der Waals surface area contributed by atoms with Gasteiger partial charge >= 0.3 is 6.03 Å². The number of thiazole rings is 1. The highest BCUT2D eigenvalue weighted by Crippen LogP contribution is 2.21. The summed E-state index contributed by atoms with van der Waals surface area (Å²) in [6.07, 6.45) is 0.944. The van der Waals surface area contributed by atoms with Crippen molar-refractivity contribution in [2.45, 2.75) is 33.7 Å². The number of amides is 2. The number of carbonyl (C=O) groups is 1. The smallest absolute Gasteiger partial charge is 0.319 e. The Morgan fingerprint density at radius 2 is 2.06 bits per heavy atom. The molecular formula is C13H23N3OS.